The third kappa shape index (κ3) is 4.73. The van der Waals surface area contributed by atoms with Gasteiger partial charge in [0.2, 0.25) is 15.7 Å². The SMILES string of the molecule is CS(=O)(=O)N1CCCN(c2cc(C(=[NH2+])c3cc(OC4CC4)ccc3N)ccn2)CC1. The average Bonchev–Trinajstić information content (AvgIpc) is 3.55. The summed E-state index contributed by atoms with van der Waals surface area (Å²) in [5, 5.41) is 6.49. The van der Waals surface area contributed by atoms with Crippen LogP contribution < -0.4 is 20.8 Å². The van der Waals surface area contributed by atoms with Crippen molar-refractivity contribution in [3.63, 3.8) is 0 Å². The van der Waals surface area contributed by atoms with Crippen LogP contribution in [-0.2, 0) is 10.0 Å². The van der Waals surface area contributed by atoms with E-state index in [0.717, 1.165) is 48.5 Å². The third-order valence-corrected chi connectivity index (χ3v) is 6.75. The maximum absolute atomic E-state index is 11.9. The summed E-state index contributed by atoms with van der Waals surface area (Å²) >= 11 is 0. The van der Waals surface area contributed by atoms with Crippen LogP contribution in [0.2, 0.25) is 0 Å². The van der Waals surface area contributed by atoms with Gasteiger partial charge in [-0.1, -0.05) is 0 Å². The standard InChI is InChI=1S/C21H27N5O3S/c1-30(27,28)26-10-2-9-25(11-12-26)20-13-15(7-8-24-20)21(23)18-14-17(5-6-19(18)22)29-16-3-4-16/h5-8,13-14,16,23H,2-4,9-12,22H2,1H3/p+1. The topological polar surface area (TPSA) is 114 Å². The number of rotatable bonds is 6. The fraction of sp³-hybridized carbons (Fsp3) is 0.429. The van der Waals surface area contributed by atoms with Gasteiger partial charge in [-0.15, -0.1) is 0 Å². The largest absolute Gasteiger partial charge is 0.490 e. The van der Waals surface area contributed by atoms with Gasteiger partial charge >= 0.3 is 0 Å². The zero-order valence-electron chi connectivity index (χ0n) is 17.1. The molecule has 1 aliphatic heterocycles. The molecule has 30 heavy (non-hydrogen) atoms. The van der Waals surface area contributed by atoms with Crippen LogP contribution >= 0.6 is 0 Å². The molecular formula is C21H28N5O3S+. The maximum Gasteiger partial charge on any atom is 0.213 e. The van der Waals surface area contributed by atoms with E-state index >= 15 is 0 Å². The van der Waals surface area contributed by atoms with Crippen molar-refractivity contribution < 1.29 is 18.6 Å². The van der Waals surface area contributed by atoms with Crippen LogP contribution in [0.4, 0.5) is 11.5 Å². The Balaban J connectivity index is 1.54. The van der Waals surface area contributed by atoms with Crippen molar-refractivity contribution in [2.24, 2.45) is 0 Å². The average molecular weight is 431 g/mol. The van der Waals surface area contributed by atoms with E-state index in [1.165, 1.54) is 10.6 Å². The Labute approximate surface area is 177 Å². The van der Waals surface area contributed by atoms with Gasteiger partial charge in [0.25, 0.3) is 0 Å². The highest BCUT2D eigenvalue weighted by molar-refractivity contribution is 7.88. The second-order valence-electron chi connectivity index (χ2n) is 7.89. The Morgan fingerprint density at radius 1 is 1.17 bits per heavy atom. The molecule has 8 nitrogen and oxygen atoms in total. The lowest BCUT2D eigenvalue weighted by Crippen LogP contribution is -2.41. The summed E-state index contributed by atoms with van der Waals surface area (Å²) in [6, 6.07) is 9.36. The number of nitrogens with two attached hydrogens (primary N) is 2. The van der Waals surface area contributed by atoms with Gasteiger partial charge in [-0.25, -0.2) is 17.7 Å². The lowest BCUT2D eigenvalue weighted by atomic mass is 10.0. The van der Waals surface area contributed by atoms with Crippen molar-refractivity contribution >= 4 is 27.2 Å². The zero-order valence-corrected chi connectivity index (χ0v) is 17.9. The molecule has 1 saturated heterocycles. The number of hydrogen-bond acceptors (Lipinski definition) is 6. The molecule has 0 unspecified atom stereocenters. The lowest BCUT2D eigenvalue weighted by Gasteiger charge is -2.22. The molecule has 4 rings (SSSR count). The molecule has 4 N–H and O–H groups in total. The van der Waals surface area contributed by atoms with E-state index in [0.29, 0.717) is 37.1 Å². The quantitative estimate of drug-likeness (QED) is 0.502. The Bertz CT molecular complexity index is 1050. The second-order valence-corrected chi connectivity index (χ2v) is 9.87. The highest BCUT2D eigenvalue weighted by atomic mass is 32.2. The van der Waals surface area contributed by atoms with Crippen LogP contribution in [-0.4, -0.2) is 62.0 Å². The second kappa shape index (κ2) is 8.23. The van der Waals surface area contributed by atoms with E-state index in [-0.39, 0.29) is 0 Å². The van der Waals surface area contributed by atoms with E-state index in [1.54, 1.807) is 6.20 Å². The van der Waals surface area contributed by atoms with Gasteiger partial charge in [-0.05, 0) is 49.6 Å². The number of sulfonamides is 1. The van der Waals surface area contributed by atoms with E-state index < -0.39 is 10.0 Å². The van der Waals surface area contributed by atoms with Gasteiger partial charge < -0.3 is 15.4 Å². The number of nitrogens with zero attached hydrogens (tertiary/aromatic N) is 3. The predicted molar refractivity (Wildman–Crippen MR) is 117 cm³/mol. The predicted octanol–water partition coefficient (Wildman–Crippen LogP) is 0.273. The molecule has 2 aliphatic rings. The Morgan fingerprint density at radius 3 is 2.70 bits per heavy atom. The molecule has 160 valence electrons. The number of anilines is 2. The number of pyridine rings is 1. The maximum atomic E-state index is 11.9. The minimum Gasteiger partial charge on any atom is -0.490 e. The fourth-order valence-corrected chi connectivity index (χ4v) is 4.46. The Kier molecular flexibility index (Phi) is 5.66. The van der Waals surface area contributed by atoms with Crippen LogP contribution in [0, 0.1) is 0 Å². The molecule has 2 heterocycles. The van der Waals surface area contributed by atoms with Crippen LogP contribution in [0.15, 0.2) is 36.5 Å². The zero-order chi connectivity index (χ0) is 21.3. The first kappa shape index (κ1) is 20.6. The van der Waals surface area contributed by atoms with E-state index in [9.17, 15) is 8.42 Å². The number of nitrogen functional groups attached to an aromatic ring is 1. The Morgan fingerprint density at radius 2 is 1.97 bits per heavy atom. The summed E-state index contributed by atoms with van der Waals surface area (Å²) in [6.45, 7) is 2.27. The molecule has 0 atom stereocenters. The van der Waals surface area contributed by atoms with Gasteiger partial charge in [-0.3, -0.25) is 5.41 Å². The number of hydrogen-bond donors (Lipinski definition) is 2. The number of ether oxygens (including phenoxy) is 1. The van der Waals surface area contributed by atoms with Gasteiger partial charge in [0.1, 0.15) is 11.6 Å². The van der Waals surface area contributed by atoms with Crippen LogP contribution in [0.5, 0.6) is 5.75 Å². The normalized spacial score (nSPS) is 18.1. The molecule has 9 heteroatoms. The van der Waals surface area contributed by atoms with E-state index in [1.807, 2.05) is 30.3 Å². The molecule has 1 aromatic heterocycles. The summed E-state index contributed by atoms with van der Waals surface area (Å²) < 4.78 is 31.1. The number of aromatic nitrogens is 1. The first-order chi connectivity index (χ1) is 14.3. The lowest BCUT2D eigenvalue weighted by molar-refractivity contribution is -0.111. The van der Waals surface area contributed by atoms with E-state index in [2.05, 4.69) is 9.88 Å². The molecule has 0 spiro atoms. The summed E-state index contributed by atoms with van der Waals surface area (Å²) in [6.07, 6.45) is 6.18. The van der Waals surface area contributed by atoms with Crippen molar-refractivity contribution in [2.45, 2.75) is 25.4 Å². The monoisotopic (exact) mass is 430 g/mol. The van der Waals surface area contributed by atoms with Gasteiger partial charge in [0.15, 0.2) is 0 Å². The molecule has 1 aliphatic carbocycles. The first-order valence-corrected chi connectivity index (χ1v) is 12.0. The minimum atomic E-state index is -3.19. The molecular weight excluding hydrogens is 402 g/mol. The van der Waals surface area contributed by atoms with Gasteiger partial charge in [0, 0.05) is 38.1 Å². The number of benzene rings is 1. The Hall–Kier alpha value is -2.65. The van der Waals surface area contributed by atoms with Gasteiger partial charge in [0.05, 0.1) is 23.5 Å². The van der Waals surface area contributed by atoms with Crippen molar-refractivity contribution in [3.05, 3.63) is 47.7 Å². The molecule has 1 saturated carbocycles. The summed E-state index contributed by atoms with van der Waals surface area (Å²) in [4.78, 5) is 6.58. The molecule has 0 radical (unpaired) electrons. The molecule has 2 aromatic rings. The van der Waals surface area contributed by atoms with E-state index in [4.69, 9.17) is 15.9 Å². The highest BCUT2D eigenvalue weighted by Crippen LogP contribution is 2.29. The molecule has 1 aromatic carbocycles. The van der Waals surface area contributed by atoms with Crippen molar-refractivity contribution in [2.75, 3.05) is 43.1 Å². The highest BCUT2D eigenvalue weighted by Gasteiger charge is 2.25. The fourth-order valence-electron chi connectivity index (χ4n) is 3.59. The van der Waals surface area contributed by atoms with Gasteiger partial charge in [-0.2, -0.15) is 0 Å². The summed E-state index contributed by atoms with van der Waals surface area (Å²) in [5.74, 6) is 1.54. The molecule has 2 fully saturated rings. The van der Waals surface area contributed by atoms with Crippen molar-refractivity contribution in [1.82, 2.24) is 9.29 Å². The third-order valence-electron chi connectivity index (χ3n) is 5.45. The molecule has 0 bridgehead atoms. The first-order valence-electron chi connectivity index (χ1n) is 10.2. The van der Waals surface area contributed by atoms with Crippen molar-refractivity contribution in [1.29, 1.82) is 0 Å². The van der Waals surface area contributed by atoms with Crippen LogP contribution in [0.3, 0.4) is 0 Å². The molecule has 0 amide bonds. The van der Waals surface area contributed by atoms with Crippen molar-refractivity contribution in [3.8, 4) is 5.75 Å². The summed E-state index contributed by atoms with van der Waals surface area (Å²) in [5.41, 5.74) is 8.90. The van der Waals surface area contributed by atoms with Crippen LogP contribution in [0.25, 0.3) is 0 Å². The smallest absolute Gasteiger partial charge is 0.213 e. The minimum absolute atomic E-state index is 0.296. The van der Waals surface area contributed by atoms with Crippen LogP contribution in [0.1, 0.15) is 30.4 Å². The summed E-state index contributed by atoms with van der Waals surface area (Å²) in [7, 11) is -3.19.